The van der Waals surface area contributed by atoms with Crippen LogP contribution >= 0.6 is 0 Å². The molecule has 71 heavy (non-hydrogen) atoms. The van der Waals surface area contributed by atoms with Crippen LogP contribution in [0.25, 0.3) is 66.1 Å². The first-order chi connectivity index (χ1) is 35.1. The second kappa shape index (κ2) is 17.5. The molecule has 0 bridgehead atoms. The van der Waals surface area contributed by atoms with E-state index in [1.807, 2.05) is 12.1 Å². The molecule has 13 aromatic rings. The van der Waals surface area contributed by atoms with E-state index >= 15 is 0 Å². The molecule has 0 aliphatic rings. The van der Waals surface area contributed by atoms with Crippen LogP contribution in [-0.4, -0.2) is 17.2 Å². The number of para-hydroxylation sites is 2. The highest BCUT2D eigenvalue weighted by Crippen LogP contribution is 2.43. The molecule has 3 nitrogen and oxygen atoms in total. The molecular formula is C66H46FN3Si. The van der Waals surface area contributed by atoms with Crippen molar-refractivity contribution in [3.8, 4) is 22.5 Å². The molecule has 0 fully saturated rings. The largest absolute Gasteiger partial charge is 0.310 e. The van der Waals surface area contributed by atoms with E-state index in [4.69, 9.17) is 0 Å². The Hall–Kier alpha value is -9.03. The number of halogens is 1. The predicted molar refractivity (Wildman–Crippen MR) is 299 cm³/mol. The third-order valence-electron chi connectivity index (χ3n) is 14.3. The fourth-order valence-electron chi connectivity index (χ4n) is 11.2. The zero-order valence-electron chi connectivity index (χ0n) is 38.8. The number of hydrogen-bond donors (Lipinski definition) is 0. The second-order valence-electron chi connectivity index (χ2n) is 18.2. The van der Waals surface area contributed by atoms with Gasteiger partial charge in [0.05, 0.1) is 22.1 Å². The van der Waals surface area contributed by atoms with Gasteiger partial charge >= 0.3 is 0 Å². The SMILES string of the molecule is Fc1ccc(-n2c3ccc(N(c4ccc(-c5ccccc5)cc4)c4ccc5c(c4)c4ccccc4n5-c4ccccc4)cc3c3cc([Si](c4ccccc4)(c4ccccc4)c4ccccc4)ccc32)cc1. The average Bonchev–Trinajstić information content (AvgIpc) is 3.95. The van der Waals surface area contributed by atoms with Crippen LogP contribution < -0.4 is 25.6 Å². The van der Waals surface area contributed by atoms with Crippen molar-refractivity contribution in [2.24, 2.45) is 0 Å². The van der Waals surface area contributed by atoms with Crippen molar-refractivity contribution in [1.82, 2.24) is 9.13 Å². The highest BCUT2D eigenvalue weighted by molar-refractivity contribution is 7.20. The van der Waals surface area contributed by atoms with E-state index in [2.05, 4.69) is 269 Å². The molecular weight excluding hydrogens is 882 g/mol. The third-order valence-corrected chi connectivity index (χ3v) is 19.1. The fourth-order valence-corrected chi connectivity index (χ4v) is 15.9. The minimum atomic E-state index is -2.90. The van der Waals surface area contributed by atoms with Gasteiger partial charge in [-0.2, -0.15) is 0 Å². The molecule has 11 aromatic carbocycles. The Morgan fingerprint density at radius 1 is 0.282 bits per heavy atom. The van der Waals surface area contributed by atoms with Crippen LogP contribution in [0.4, 0.5) is 21.5 Å². The van der Waals surface area contributed by atoms with Crippen LogP contribution in [0.2, 0.25) is 0 Å². The smallest absolute Gasteiger partial charge is 0.179 e. The molecule has 0 atom stereocenters. The Bertz CT molecular complexity index is 3930. The third kappa shape index (κ3) is 7.09. The van der Waals surface area contributed by atoms with Gasteiger partial charge in [0.25, 0.3) is 0 Å². The van der Waals surface area contributed by atoms with Gasteiger partial charge in [-0.1, -0.05) is 182 Å². The van der Waals surface area contributed by atoms with Crippen LogP contribution in [-0.2, 0) is 0 Å². The lowest BCUT2D eigenvalue weighted by Gasteiger charge is -2.34. The molecule has 0 N–H and O–H groups in total. The van der Waals surface area contributed by atoms with Crippen LogP contribution in [0, 0.1) is 5.82 Å². The molecule has 2 aromatic heterocycles. The van der Waals surface area contributed by atoms with Crippen LogP contribution in [0.3, 0.4) is 0 Å². The molecule has 5 heteroatoms. The molecule has 336 valence electrons. The van der Waals surface area contributed by atoms with Crippen molar-refractivity contribution < 1.29 is 4.39 Å². The second-order valence-corrected chi connectivity index (χ2v) is 22.0. The van der Waals surface area contributed by atoms with Crippen molar-refractivity contribution in [3.63, 3.8) is 0 Å². The molecule has 0 amide bonds. The standard InChI is InChI=1S/C66H46FN3Si/c67-49-32-36-52(37-33-49)70-65-42-39-54(45-61(65)62-46-58(40-43-66(62)70)71(55-22-10-3-11-23-55,56-24-12-4-13-25-56)57-26-14-5-15-27-57)68(51-34-30-48(31-35-51)47-18-6-1-7-19-47)53-38-41-64-60(44-53)59-28-16-17-29-63(59)69(64)50-20-8-2-9-21-50/h1-46H. The van der Waals surface area contributed by atoms with Crippen molar-refractivity contribution in [1.29, 1.82) is 0 Å². The highest BCUT2D eigenvalue weighted by Gasteiger charge is 2.41. The van der Waals surface area contributed by atoms with Gasteiger partial charge in [0.15, 0.2) is 8.07 Å². The molecule has 0 radical (unpaired) electrons. The summed E-state index contributed by atoms with van der Waals surface area (Å²) in [6, 6.07) is 99.8. The van der Waals surface area contributed by atoms with Crippen LogP contribution in [0.1, 0.15) is 0 Å². The number of aromatic nitrogens is 2. The van der Waals surface area contributed by atoms with Gasteiger partial charge < -0.3 is 14.0 Å². The maximum absolute atomic E-state index is 14.7. The number of benzene rings is 11. The Morgan fingerprint density at radius 2 is 0.676 bits per heavy atom. The predicted octanol–water partition coefficient (Wildman–Crippen LogP) is 14.5. The maximum atomic E-state index is 14.7. The Morgan fingerprint density at radius 3 is 1.23 bits per heavy atom. The van der Waals surface area contributed by atoms with E-state index in [0.717, 1.165) is 66.8 Å². The summed E-state index contributed by atoms with van der Waals surface area (Å²) in [6.07, 6.45) is 0. The van der Waals surface area contributed by atoms with E-state index in [1.54, 1.807) is 12.1 Å². The molecule has 0 saturated carbocycles. The van der Waals surface area contributed by atoms with Crippen molar-refractivity contribution in [2.75, 3.05) is 4.90 Å². The van der Waals surface area contributed by atoms with E-state index in [1.165, 1.54) is 37.1 Å². The quantitative estimate of drug-likeness (QED) is 0.0984. The summed E-state index contributed by atoms with van der Waals surface area (Å²) < 4.78 is 19.3. The zero-order valence-corrected chi connectivity index (χ0v) is 39.8. The lowest BCUT2D eigenvalue weighted by atomic mass is 10.0. The van der Waals surface area contributed by atoms with E-state index in [0.29, 0.717) is 0 Å². The number of rotatable bonds is 10. The van der Waals surface area contributed by atoms with E-state index in [-0.39, 0.29) is 5.82 Å². The lowest BCUT2D eigenvalue weighted by molar-refractivity contribution is 0.627. The number of fused-ring (bicyclic) bond motifs is 6. The first kappa shape index (κ1) is 42.1. The van der Waals surface area contributed by atoms with Gasteiger partial charge in [-0.3, -0.25) is 0 Å². The topological polar surface area (TPSA) is 13.1 Å². The van der Waals surface area contributed by atoms with Gasteiger partial charge in [-0.15, -0.1) is 0 Å². The molecule has 0 spiro atoms. The lowest BCUT2D eigenvalue weighted by Crippen LogP contribution is -2.74. The van der Waals surface area contributed by atoms with Gasteiger partial charge in [-0.25, -0.2) is 4.39 Å². The maximum Gasteiger partial charge on any atom is 0.179 e. The van der Waals surface area contributed by atoms with Crippen LogP contribution in [0.5, 0.6) is 0 Å². The molecule has 13 rings (SSSR count). The summed E-state index contributed by atoms with van der Waals surface area (Å²) in [5.74, 6) is -0.263. The summed E-state index contributed by atoms with van der Waals surface area (Å²) in [5, 5.41) is 9.83. The summed E-state index contributed by atoms with van der Waals surface area (Å²) in [7, 11) is -2.90. The Kier molecular flexibility index (Phi) is 10.4. The number of anilines is 3. The average molecular weight is 928 g/mol. The number of hydrogen-bond acceptors (Lipinski definition) is 1. The van der Waals surface area contributed by atoms with Crippen molar-refractivity contribution in [3.05, 3.63) is 285 Å². The molecule has 0 aliphatic heterocycles. The van der Waals surface area contributed by atoms with E-state index in [9.17, 15) is 4.39 Å². The first-order valence-corrected chi connectivity index (χ1v) is 26.2. The highest BCUT2D eigenvalue weighted by atomic mass is 28.3. The summed E-state index contributed by atoms with van der Waals surface area (Å²) in [6.45, 7) is 0. The molecule has 0 unspecified atom stereocenters. The monoisotopic (exact) mass is 927 g/mol. The molecule has 0 saturated heterocycles. The van der Waals surface area contributed by atoms with Gasteiger partial charge in [0.2, 0.25) is 0 Å². The van der Waals surface area contributed by atoms with E-state index < -0.39 is 8.07 Å². The van der Waals surface area contributed by atoms with Gasteiger partial charge in [0.1, 0.15) is 5.82 Å². The molecule has 2 heterocycles. The Balaban J connectivity index is 1.08. The summed E-state index contributed by atoms with van der Waals surface area (Å²) >= 11 is 0. The minimum Gasteiger partial charge on any atom is -0.310 e. The van der Waals surface area contributed by atoms with Crippen molar-refractivity contribution >= 4 is 89.5 Å². The minimum absolute atomic E-state index is 0.263. The van der Waals surface area contributed by atoms with Gasteiger partial charge in [-0.05, 0) is 129 Å². The van der Waals surface area contributed by atoms with Crippen molar-refractivity contribution in [2.45, 2.75) is 0 Å². The Labute approximate surface area is 413 Å². The summed E-state index contributed by atoms with van der Waals surface area (Å²) in [5.41, 5.74) is 11.9. The zero-order chi connectivity index (χ0) is 47.3. The fraction of sp³-hybridized carbons (Fsp3) is 0. The normalized spacial score (nSPS) is 11.7. The molecule has 0 aliphatic carbocycles. The van der Waals surface area contributed by atoms with Crippen LogP contribution in [0.15, 0.2) is 279 Å². The number of nitrogens with zero attached hydrogens (tertiary/aromatic N) is 3. The van der Waals surface area contributed by atoms with Gasteiger partial charge in [0, 0.05) is 50.0 Å². The first-order valence-electron chi connectivity index (χ1n) is 24.2. The summed E-state index contributed by atoms with van der Waals surface area (Å²) in [4.78, 5) is 2.39.